The summed E-state index contributed by atoms with van der Waals surface area (Å²) < 4.78 is 10.9. The van der Waals surface area contributed by atoms with E-state index in [4.69, 9.17) is 14.7 Å². The molecule has 0 spiro atoms. The van der Waals surface area contributed by atoms with Gasteiger partial charge in [0.15, 0.2) is 11.5 Å². The van der Waals surface area contributed by atoms with E-state index in [0.29, 0.717) is 35.8 Å². The van der Waals surface area contributed by atoms with Crippen LogP contribution in [0.1, 0.15) is 21.5 Å². The summed E-state index contributed by atoms with van der Waals surface area (Å²) >= 11 is 0. The van der Waals surface area contributed by atoms with Crippen molar-refractivity contribution in [2.24, 2.45) is 5.10 Å². The first-order valence-electron chi connectivity index (χ1n) is 8.11. The molecule has 0 unspecified atom stereocenters. The Kier molecular flexibility index (Phi) is 5.80. The maximum absolute atomic E-state index is 12.2. The molecule has 2 amide bonds. The van der Waals surface area contributed by atoms with Gasteiger partial charge in [-0.2, -0.15) is 5.10 Å². The number of rotatable bonds is 5. The number of nitrogens with zero attached hydrogens (tertiary/aromatic N) is 1. The summed E-state index contributed by atoms with van der Waals surface area (Å²) in [6, 6.07) is 12.0. The number of nitrogens with one attached hydrogen (secondary N) is 2. The van der Waals surface area contributed by atoms with Gasteiger partial charge in [0, 0.05) is 11.6 Å². The molecular formula is C19H17N3O5. The molecule has 1 aliphatic rings. The standard InChI is InChI=1S/C19H17N3O5/c23-18(22-25)7-5-13-2-1-3-15(10-13)19(24)21-20-12-14-4-6-16-17(11-14)27-9-8-26-16/h1-7,10-12,25H,8-9H2,(H,21,24)(H,22,23). The van der Waals surface area contributed by atoms with E-state index in [1.54, 1.807) is 42.5 Å². The van der Waals surface area contributed by atoms with E-state index < -0.39 is 11.8 Å². The van der Waals surface area contributed by atoms with Gasteiger partial charge in [-0.05, 0) is 47.5 Å². The van der Waals surface area contributed by atoms with Gasteiger partial charge >= 0.3 is 0 Å². The number of ether oxygens (including phenoxy) is 2. The highest BCUT2D eigenvalue weighted by atomic mass is 16.6. The first-order valence-corrected chi connectivity index (χ1v) is 8.11. The van der Waals surface area contributed by atoms with Gasteiger partial charge < -0.3 is 9.47 Å². The molecule has 0 aliphatic carbocycles. The molecule has 8 nitrogen and oxygen atoms in total. The molecule has 8 heteroatoms. The van der Waals surface area contributed by atoms with Crippen LogP contribution in [0.2, 0.25) is 0 Å². The second-order valence-corrected chi connectivity index (χ2v) is 5.54. The zero-order valence-electron chi connectivity index (χ0n) is 14.2. The van der Waals surface area contributed by atoms with Crippen molar-refractivity contribution in [1.82, 2.24) is 10.9 Å². The summed E-state index contributed by atoms with van der Waals surface area (Å²) in [6.45, 7) is 1.02. The molecule has 0 saturated carbocycles. The van der Waals surface area contributed by atoms with Crippen molar-refractivity contribution in [2.75, 3.05) is 13.2 Å². The number of carbonyl (C=O) groups is 2. The Morgan fingerprint density at radius 2 is 1.85 bits per heavy atom. The molecule has 2 aromatic carbocycles. The summed E-state index contributed by atoms with van der Waals surface area (Å²) in [5, 5.41) is 12.4. The van der Waals surface area contributed by atoms with Gasteiger partial charge in [0.2, 0.25) is 0 Å². The summed E-state index contributed by atoms with van der Waals surface area (Å²) in [5.74, 6) is 0.268. The molecule has 27 heavy (non-hydrogen) atoms. The van der Waals surface area contributed by atoms with Crippen molar-refractivity contribution in [3.63, 3.8) is 0 Å². The molecule has 0 saturated heterocycles. The third kappa shape index (κ3) is 4.93. The highest BCUT2D eigenvalue weighted by Gasteiger charge is 2.11. The Balaban J connectivity index is 1.63. The van der Waals surface area contributed by atoms with Crippen LogP contribution in [0.3, 0.4) is 0 Å². The fourth-order valence-corrected chi connectivity index (χ4v) is 2.36. The van der Waals surface area contributed by atoms with E-state index in [9.17, 15) is 9.59 Å². The SMILES string of the molecule is O=C(C=Cc1cccc(C(=O)NN=Cc2ccc3c(c2)OCCO3)c1)NO. The topological polar surface area (TPSA) is 109 Å². The van der Waals surface area contributed by atoms with Crippen LogP contribution in [0.15, 0.2) is 53.6 Å². The second kappa shape index (κ2) is 8.63. The number of amides is 2. The van der Waals surface area contributed by atoms with Crippen LogP contribution in [-0.2, 0) is 4.79 Å². The number of hydroxylamine groups is 1. The molecule has 138 valence electrons. The molecule has 3 N–H and O–H groups in total. The van der Waals surface area contributed by atoms with Crippen molar-refractivity contribution >= 4 is 24.1 Å². The predicted octanol–water partition coefficient (Wildman–Crippen LogP) is 1.74. The molecule has 0 atom stereocenters. The Hall–Kier alpha value is -3.65. The van der Waals surface area contributed by atoms with Crippen molar-refractivity contribution in [2.45, 2.75) is 0 Å². The van der Waals surface area contributed by atoms with E-state index in [-0.39, 0.29) is 0 Å². The van der Waals surface area contributed by atoms with Gasteiger partial charge in [-0.15, -0.1) is 0 Å². The van der Waals surface area contributed by atoms with Gasteiger partial charge in [0.1, 0.15) is 13.2 Å². The fourth-order valence-electron chi connectivity index (χ4n) is 2.36. The van der Waals surface area contributed by atoms with Crippen LogP contribution >= 0.6 is 0 Å². The Morgan fingerprint density at radius 1 is 1.04 bits per heavy atom. The largest absolute Gasteiger partial charge is 0.486 e. The Labute approximate surface area is 155 Å². The van der Waals surface area contributed by atoms with Crippen LogP contribution < -0.4 is 20.4 Å². The zero-order chi connectivity index (χ0) is 19.1. The van der Waals surface area contributed by atoms with E-state index in [2.05, 4.69) is 10.5 Å². The lowest BCUT2D eigenvalue weighted by atomic mass is 10.1. The number of hydrazone groups is 1. The Bertz CT molecular complexity index is 908. The van der Waals surface area contributed by atoms with Crippen LogP contribution in [0.5, 0.6) is 11.5 Å². The monoisotopic (exact) mass is 367 g/mol. The lowest BCUT2D eigenvalue weighted by Gasteiger charge is -2.18. The maximum Gasteiger partial charge on any atom is 0.271 e. The van der Waals surface area contributed by atoms with Gasteiger partial charge in [0.25, 0.3) is 11.8 Å². The molecule has 2 aromatic rings. The third-order valence-electron chi connectivity index (χ3n) is 3.63. The van der Waals surface area contributed by atoms with E-state index in [1.807, 2.05) is 0 Å². The predicted molar refractivity (Wildman–Crippen MR) is 97.9 cm³/mol. The van der Waals surface area contributed by atoms with E-state index in [1.165, 1.54) is 17.8 Å². The van der Waals surface area contributed by atoms with Gasteiger partial charge in [-0.25, -0.2) is 10.9 Å². The number of hydrogen-bond acceptors (Lipinski definition) is 6. The molecule has 0 bridgehead atoms. The average Bonchev–Trinajstić information content (AvgIpc) is 2.72. The van der Waals surface area contributed by atoms with Crippen LogP contribution in [0, 0.1) is 0 Å². The molecule has 3 rings (SSSR count). The second-order valence-electron chi connectivity index (χ2n) is 5.54. The normalized spacial score (nSPS) is 12.9. The molecular weight excluding hydrogens is 350 g/mol. The Morgan fingerprint density at radius 3 is 2.67 bits per heavy atom. The van der Waals surface area contributed by atoms with Crippen molar-refractivity contribution in [3.05, 3.63) is 65.2 Å². The minimum atomic E-state index is -0.658. The van der Waals surface area contributed by atoms with E-state index >= 15 is 0 Å². The first-order chi connectivity index (χ1) is 13.2. The highest BCUT2D eigenvalue weighted by Crippen LogP contribution is 2.30. The van der Waals surface area contributed by atoms with Gasteiger partial charge in [-0.1, -0.05) is 12.1 Å². The van der Waals surface area contributed by atoms with Crippen molar-refractivity contribution in [3.8, 4) is 11.5 Å². The number of carbonyl (C=O) groups excluding carboxylic acids is 2. The smallest absolute Gasteiger partial charge is 0.271 e. The van der Waals surface area contributed by atoms with Crippen LogP contribution in [0.25, 0.3) is 6.08 Å². The number of fused-ring (bicyclic) bond motifs is 1. The summed E-state index contributed by atoms with van der Waals surface area (Å²) in [4.78, 5) is 23.2. The quantitative estimate of drug-likeness (QED) is 0.323. The zero-order valence-corrected chi connectivity index (χ0v) is 14.2. The number of benzene rings is 2. The van der Waals surface area contributed by atoms with Crippen molar-refractivity contribution < 1.29 is 24.3 Å². The van der Waals surface area contributed by atoms with Gasteiger partial charge in [-0.3, -0.25) is 14.8 Å². The molecule has 1 heterocycles. The summed E-state index contributed by atoms with van der Waals surface area (Å²) in [7, 11) is 0. The minimum absolute atomic E-state index is 0.376. The summed E-state index contributed by atoms with van der Waals surface area (Å²) in [5.41, 5.74) is 5.70. The first kappa shape index (κ1) is 18.2. The minimum Gasteiger partial charge on any atom is -0.486 e. The van der Waals surface area contributed by atoms with E-state index in [0.717, 1.165) is 11.6 Å². The fraction of sp³-hybridized carbons (Fsp3) is 0.105. The number of hydrogen-bond donors (Lipinski definition) is 3. The molecule has 0 fully saturated rings. The van der Waals surface area contributed by atoms with Crippen LogP contribution in [-0.4, -0.2) is 36.4 Å². The highest BCUT2D eigenvalue weighted by molar-refractivity contribution is 5.96. The summed E-state index contributed by atoms with van der Waals surface area (Å²) in [6.07, 6.45) is 4.13. The molecule has 0 aromatic heterocycles. The average molecular weight is 367 g/mol. The lowest BCUT2D eigenvalue weighted by Crippen LogP contribution is -2.18. The van der Waals surface area contributed by atoms with Crippen molar-refractivity contribution in [1.29, 1.82) is 0 Å². The van der Waals surface area contributed by atoms with Crippen LogP contribution in [0.4, 0.5) is 0 Å². The lowest BCUT2D eigenvalue weighted by molar-refractivity contribution is -0.124. The van der Waals surface area contributed by atoms with Gasteiger partial charge in [0.05, 0.1) is 6.21 Å². The molecule has 1 aliphatic heterocycles. The third-order valence-corrected chi connectivity index (χ3v) is 3.63. The maximum atomic E-state index is 12.2. The molecule has 0 radical (unpaired) electrons.